The van der Waals surface area contributed by atoms with E-state index >= 15 is 0 Å². The van der Waals surface area contributed by atoms with Crippen LogP contribution in [0.4, 0.5) is 0 Å². The highest BCUT2D eigenvalue weighted by atomic mass is 16.4. The van der Waals surface area contributed by atoms with Crippen LogP contribution < -0.4 is 16.0 Å². The van der Waals surface area contributed by atoms with E-state index in [1.807, 2.05) is 6.07 Å². The molecule has 0 saturated heterocycles. The Labute approximate surface area is 126 Å². The van der Waals surface area contributed by atoms with Gasteiger partial charge in [-0.15, -0.1) is 0 Å². The lowest BCUT2D eigenvalue weighted by Gasteiger charge is -2.18. The fraction of sp³-hybridized carbons (Fsp3) is 0.286. The molecule has 1 atom stereocenters. The van der Waals surface area contributed by atoms with Crippen molar-refractivity contribution in [2.75, 3.05) is 0 Å². The average molecular weight is 307 g/mol. The summed E-state index contributed by atoms with van der Waals surface area (Å²) in [7, 11) is 0. The molecule has 0 fully saturated rings. The van der Waals surface area contributed by atoms with Gasteiger partial charge in [-0.1, -0.05) is 30.3 Å². The van der Waals surface area contributed by atoms with Crippen molar-refractivity contribution in [3.05, 3.63) is 35.9 Å². The molecule has 0 saturated carbocycles. The first-order chi connectivity index (χ1) is 10.4. The monoisotopic (exact) mass is 307 g/mol. The minimum absolute atomic E-state index is 0.213. The minimum atomic E-state index is -1.33. The number of amides is 3. The van der Waals surface area contributed by atoms with E-state index < -0.39 is 36.3 Å². The first kappa shape index (κ1) is 17.2. The van der Waals surface area contributed by atoms with E-state index in [1.54, 1.807) is 24.3 Å². The zero-order valence-corrected chi connectivity index (χ0v) is 12.0. The smallest absolute Gasteiger partial charge is 0.312 e. The van der Waals surface area contributed by atoms with Gasteiger partial charge in [-0.25, -0.2) is 0 Å². The fourth-order valence-corrected chi connectivity index (χ4v) is 1.61. The van der Waals surface area contributed by atoms with Crippen LogP contribution >= 0.6 is 0 Å². The van der Waals surface area contributed by atoms with E-state index in [1.165, 1.54) is 6.92 Å². The number of carboxylic acid groups (broad SMARTS) is 1. The molecule has 1 aromatic rings. The molecular formula is C14H17N3O5. The van der Waals surface area contributed by atoms with Crippen LogP contribution in [0.25, 0.3) is 0 Å². The maximum absolute atomic E-state index is 12.0. The number of nitrogens with one attached hydrogen (secondary N) is 3. The number of hydrogen-bond donors (Lipinski definition) is 4. The van der Waals surface area contributed by atoms with E-state index in [-0.39, 0.29) is 6.54 Å². The zero-order valence-electron chi connectivity index (χ0n) is 12.0. The van der Waals surface area contributed by atoms with E-state index in [0.29, 0.717) is 0 Å². The summed E-state index contributed by atoms with van der Waals surface area (Å²) in [6.45, 7) is 1.39. The number of aliphatic carboxylic acids is 1. The van der Waals surface area contributed by atoms with Crippen LogP contribution in [0.1, 0.15) is 18.9 Å². The van der Waals surface area contributed by atoms with Crippen molar-refractivity contribution in [2.24, 2.45) is 0 Å². The predicted octanol–water partition coefficient (Wildman–Crippen LogP) is -0.644. The highest BCUT2D eigenvalue weighted by Gasteiger charge is 2.22. The largest absolute Gasteiger partial charge is 0.481 e. The van der Waals surface area contributed by atoms with Gasteiger partial charge in [0.1, 0.15) is 6.42 Å². The molecule has 0 aliphatic rings. The third-order valence-corrected chi connectivity index (χ3v) is 2.54. The van der Waals surface area contributed by atoms with Crippen molar-refractivity contribution in [1.82, 2.24) is 16.0 Å². The molecule has 4 N–H and O–H groups in total. The highest BCUT2D eigenvalue weighted by molar-refractivity contribution is 5.96. The maximum Gasteiger partial charge on any atom is 0.312 e. The van der Waals surface area contributed by atoms with Crippen LogP contribution in [0.2, 0.25) is 0 Å². The summed E-state index contributed by atoms with van der Waals surface area (Å²) in [4.78, 5) is 44.9. The summed E-state index contributed by atoms with van der Waals surface area (Å²) in [6.07, 6.45) is -2.12. The van der Waals surface area contributed by atoms with Crippen molar-refractivity contribution in [2.45, 2.75) is 26.1 Å². The minimum Gasteiger partial charge on any atom is -0.481 e. The number of carboxylic acids is 1. The molecular weight excluding hydrogens is 290 g/mol. The van der Waals surface area contributed by atoms with Gasteiger partial charge in [0, 0.05) is 13.5 Å². The van der Waals surface area contributed by atoms with E-state index in [2.05, 4.69) is 16.0 Å². The van der Waals surface area contributed by atoms with E-state index in [0.717, 1.165) is 5.56 Å². The Morgan fingerprint density at radius 1 is 1.09 bits per heavy atom. The SMILES string of the molecule is CC(=O)NC(NC(=O)CC(=O)O)C(=O)NCc1ccccc1. The Morgan fingerprint density at radius 2 is 1.73 bits per heavy atom. The van der Waals surface area contributed by atoms with Crippen LogP contribution in [-0.2, 0) is 25.7 Å². The second-order valence-corrected chi connectivity index (χ2v) is 4.47. The number of carbonyl (C=O) groups excluding carboxylic acids is 3. The van der Waals surface area contributed by atoms with Gasteiger partial charge in [0.05, 0.1) is 0 Å². The lowest BCUT2D eigenvalue weighted by Crippen LogP contribution is -2.56. The topological polar surface area (TPSA) is 125 Å². The normalized spacial score (nSPS) is 11.1. The molecule has 118 valence electrons. The van der Waals surface area contributed by atoms with Gasteiger partial charge in [0.15, 0.2) is 6.17 Å². The Morgan fingerprint density at radius 3 is 2.27 bits per heavy atom. The van der Waals surface area contributed by atoms with Crippen LogP contribution in [0.3, 0.4) is 0 Å². The molecule has 8 heteroatoms. The summed E-state index contributed by atoms with van der Waals surface area (Å²) < 4.78 is 0. The van der Waals surface area contributed by atoms with Gasteiger partial charge in [0.25, 0.3) is 5.91 Å². The number of hydrogen-bond acceptors (Lipinski definition) is 4. The van der Waals surface area contributed by atoms with Crippen molar-refractivity contribution in [1.29, 1.82) is 0 Å². The summed E-state index contributed by atoms with van der Waals surface area (Å²) in [6, 6.07) is 9.05. The van der Waals surface area contributed by atoms with Crippen LogP contribution in [0.5, 0.6) is 0 Å². The summed E-state index contributed by atoms with van der Waals surface area (Å²) >= 11 is 0. The quantitative estimate of drug-likeness (QED) is 0.394. The Balaban J connectivity index is 2.61. The lowest BCUT2D eigenvalue weighted by molar-refractivity contribution is -0.142. The highest BCUT2D eigenvalue weighted by Crippen LogP contribution is 1.97. The third kappa shape index (κ3) is 6.51. The molecule has 8 nitrogen and oxygen atoms in total. The van der Waals surface area contributed by atoms with Crippen molar-refractivity contribution in [3.8, 4) is 0 Å². The molecule has 0 aromatic heterocycles. The first-order valence-corrected chi connectivity index (χ1v) is 6.48. The molecule has 22 heavy (non-hydrogen) atoms. The molecule has 0 aliphatic heterocycles. The molecule has 1 unspecified atom stereocenters. The van der Waals surface area contributed by atoms with Gasteiger partial charge in [-0.2, -0.15) is 0 Å². The molecule has 0 heterocycles. The van der Waals surface area contributed by atoms with Crippen molar-refractivity contribution < 1.29 is 24.3 Å². The molecule has 0 aliphatic carbocycles. The third-order valence-electron chi connectivity index (χ3n) is 2.54. The number of benzene rings is 1. The van der Waals surface area contributed by atoms with Crippen LogP contribution in [0.15, 0.2) is 30.3 Å². The van der Waals surface area contributed by atoms with Crippen molar-refractivity contribution in [3.63, 3.8) is 0 Å². The maximum atomic E-state index is 12.0. The Kier molecular flexibility index (Phi) is 6.55. The molecule has 3 amide bonds. The molecule has 1 rings (SSSR count). The van der Waals surface area contributed by atoms with Gasteiger partial charge in [-0.05, 0) is 5.56 Å². The Bertz CT molecular complexity index is 559. The van der Waals surface area contributed by atoms with Crippen LogP contribution in [-0.4, -0.2) is 35.0 Å². The summed E-state index contributed by atoms with van der Waals surface area (Å²) in [5.74, 6) is -3.38. The molecule has 0 bridgehead atoms. The van der Waals surface area contributed by atoms with Gasteiger partial charge in [-0.3, -0.25) is 19.2 Å². The average Bonchev–Trinajstić information content (AvgIpc) is 2.43. The number of rotatable bonds is 7. The standard InChI is InChI=1S/C14H17N3O5/c1-9(18)16-13(17-11(19)7-12(20)21)14(22)15-8-10-5-3-2-4-6-10/h2-6,13H,7-8H2,1H3,(H,15,22)(H,16,18)(H,17,19)(H,20,21). The van der Waals surface area contributed by atoms with E-state index in [9.17, 15) is 19.2 Å². The van der Waals surface area contributed by atoms with Gasteiger partial charge >= 0.3 is 5.97 Å². The summed E-state index contributed by atoms with van der Waals surface area (Å²) in [5, 5.41) is 15.5. The number of carbonyl (C=O) groups is 4. The van der Waals surface area contributed by atoms with Crippen molar-refractivity contribution >= 4 is 23.7 Å². The second kappa shape index (κ2) is 8.40. The van der Waals surface area contributed by atoms with Crippen LogP contribution in [0, 0.1) is 0 Å². The van der Waals surface area contributed by atoms with E-state index in [4.69, 9.17) is 5.11 Å². The molecule has 0 spiro atoms. The van der Waals surface area contributed by atoms with Gasteiger partial charge in [0.2, 0.25) is 11.8 Å². The fourth-order valence-electron chi connectivity index (χ4n) is 1.61. The first-order valence-electron chi connectivity index (χ1n) is 6.48. The lowest BCUT2D eigenvalue weighted by atomic mass is 10.2. The molecule has 0 radical (unpaired) electrons. The second-order valence-electron chi connectivity index (χ2n) is 4.47. The Hall–Kier alpha value is -2.90. The molecule has 1 aromatic carbocycles. The van der Waals surface area contributed by atoms with Gasteiger partial charge < -0.3 is 21.1 Å². The summed E-state index contributed by atoms with van der Waals surface area (Å²) in [5.41, 5.74) is 0.842. The predicted molar refractivity (Wildman–Crippen MR) is 76.3 cm³/mol. The zero-order chi connectivity index (χ0) is 16.5.